The van der Waals surface area contributed by atoms with Crippen molar-refractivity contribution in [3.8, 4) is 0 Å². The number of piperidine rings is 1. The van der Waals surface area contributed by atoms with Crippen molar-refractivity contribution in [1.82, 2.24) is 14.8 Å². The highest BCUT2D eigenvalue weighted by Crippen LogP contribution is 2.24. The van der Waals surface area contributed by atoms with Crippen molar-refractivity contribution >= 4 is 11.9 Å². The molecule has 2 fully saturated rings. The third-order valence-corrected chi connectivity index (χ3v) is 6.69. The van der Waals surface area contributed by atoms with E-state index in [0.717, 1.165) is 49.9 Å². The zero-order valence-corrected chi connectivity index (χ0v) is 18.8. The number of esters is 1. The van der Waals surface area contributed by atoms with Crippen molar-refractivity contribution < 1.29 is 14.3 Å². The molecule has 1 amide bonds. The number of nitrogens with one attached hydrogen (secondary N) is 1. The molecule has 2 aromatic rings. The number of rotatable bonds is 5. The lowest BCUT2D eigenvalue weighted by Crippen LogP contribution is -2.39. The monoisotopic (exact) mass is 437 g/mol. The summed E-state index contributed by atoms with van der Waals surface area (Å²) in [4.78, 5) is 40.2. The number of nitrogens with zero attached hydrogens (tertiary/aromatic N) is 2. The van der Waals surface area contributed by atoms with Gasteiger partial charge in [-0.3, -0.25) is 9.59 Å². The molecule has 32 heavy (non-hydrogen) atoms. The smallest absolute Gasteiger partial charge is 0.337 e. The van der Waals surface area contributed by atoms with E-state index in [2.05, 4.69) is 5.32 Å². The minimum absolute atomic E-state index is 0.143. The summed E-state index contributed by atoms with van der Waals surface area (Å²) >= 11 is 0. The SMILES string of the molecule is COC(=O)c1cccc(CC2CCN(C(=O)c3c(C)ccn(C4CCNCC4)c3=O)C2)c1. The van der Waals surface area contributed by atoms with Crippen LogP contribution in [-0.2, 0) is 11.2 Å². The third-order valence-electron chi connectivity index (χ3n) is 6.69. The first-order valence-electron chi connectivity index (χ1n) is 11.4. The number of hydrogen-bond acceptors (Lipinski definition) is 5. The summed E-state index contributed by atoms with van der Waals surface area (Å²) in [5.74, 6) is -0.219. The van der Waals surface area contributed by atoms with Gasteiger partial charge in [-0.25, -0.2) is 4.79 Å². The minimum atomic E-state index is -0.348. The van der Waals surface area contributed by atoms with Gasteiger partial charge in [0.1, 0.15) is 5.56 Å². The van der Waals surface area contributed by atoms with Crippen LogP contribution < -0.4 is 10.9 Å². The fourth-order valence-corrected chi connectivity index (χ4v) is 4.89. The molecular weight excluding hydrogens is 406 g/mol. The second kappa shape index (κ2) is 9.69. The third kappa shape index (κ3) is 4.63. The second-order valence-corrected chi connectivity index (χ2v) is 8.87. The molecule has 170 valence electrons. The number of likely N-dealkylation sites (tertiary alicyclic amines) is 1. The van der Waals surface area contributed by atoms with Crippen LogP contribution in [0.5, 0.6) is 0 Å². The maximum atomic E-state index is 13.3. The molecule has 4 rings (SSSR count). The van der Waals surface area contributed by atoms with E-state index in [1.165, 1.54) is 7.11 Å². The second-order valence-electron chi connectivity index (χ2n) is 8.87. The molecular formula is C25H31N3O4. The number of benzene rings is 1. The van der Waals surface area contributed by atoms with E-state index >= 15 is 0 Å². The average Bonchev–Trinajstić information content (AvgIpc) is 3.28. The van der Waals surface area contributed by atoms with Crippen molar-refractivity contribution in [2.24, 2.45) is 5.92 Å². The molecule has 7 heteroatoms. The van der Waals surface area contributed by atoms with Gasteiger partial charge in [-0.1, -0.05) is 12.1 Å². The molecule has 1 atom stereocenters. The quantitative estimate of drug-likeness (QED) is 0.728. The van der Waals surface area contributed by atoms with Crippen LogP contribution >= 0.6 is 0 Å². The highest BCUT2D eigenvalue weighted by Gasteiger charge is 2.30. The lowest BCUT2D eigenvalue weighted by atomic mass is 9.97. The largest absolute Gasteiger partial charge is 0.465 e. The van der Waals surface area contributed by atoms with E-state index in [-0.39, 0.29) is 23.5 Å². The molecule has 2 saturated heterocycles. The number of carbonyl (C=O) groups excluding carboxylic acids is 2. The summed E-state index contributed by atoms with van der Waals surface area (Å²) in [5, 5.41) is 3.32. The highest BCUT2D eigenvalue weighted by atomic mass is 16.5. The number of hydrogen-bond donors (Lipinski definition) is 1. The van der Waals surface area contributed by atoms with Gasteiger partial charge in [0.15, 0.2) is 0 Å². The fourth-order valence-electron chi connectivity index (χ4n) is 4.89. The van der Waals surface area contributed by atoms with E-state index in [1.807, 2.05) is 42.3 Å². The van der Waals surface area contributed by atoms with Gasteiger partial charge in [-0.2, -0.15) is 0 Å². The molecule has 7 nitrogen and oxygen atoms in total. The van der Waals surface area contributed by atoms with Gasteiger partial charge in [0.25, 0.3) is 11.5 Å². The number of aromatic nitrogens is 1. The van der Waals surface area contributed by atoms with Gasteiger partial charge in [0.05, 0.1) is 12.7 Å². The number of pyridine rings is 1. The minimum Gasteiger partial charge on any atom is -0.465 e. The Morgan fingerprint density at radius 2 is 1.94 bits per heavy atom. The van der Waals surface area contributed by atoms with Gasteiger partial charge >= 0.3 is 5.97 Å². The molecule has 0 saturated carbocycles. The Balaban J connectivity index is 1.47. The average molecular weight is 438 g/mol. The molecule has 0 spiro atoms. The van der Waals surface area contributed by atoms with Gasteiger partial charge in [-0.15, -0.1) is 0 Å². The first-order valence-corrected chi connectivity index (χ1v) is 11.4. The molecule has 0 radical (unpaired) electrons. The lowest BCUT2D eigenvalue weighted by molar-refractivity contribution is 0.0600. The summed E-state index contributed by atoms with van der Waals surface area (Å²) in [6.07, 6.45) is 5.29. The van der Waals surface area contributed by atoms with Gasteiger partial charge in [-0.05, 0) is 80.9 Å². The molecule has 1 aromatic carbocycles. The molecule has 2 aliphatic heterocycles. The predicted molar refractivity (Wildman–Crippen MR) is 122 cm³/mol. The van der Waals surface area contributed by atoms with E-state index in [1.54, 1.807) is 10.6 Å². The zero-order valence-electron chi connectivity index (χ0n) is 18.8. The van der Waals surface area contributed by atoms with Crippen molar-refractivity contribution in [3.05, 3.63) is 69.1 Å². The maximum Gasteiger partial charge on any atom is 0.337 e. The van der Waals surface area contributed by atoms with Gasteiger partial charge in [0, 0.05) is 25.3 Å². The standard InChI is InChI=1S/C25H31N3O4/c1-17-8-13-28(21-6-10-26-11-7-21)24(30)22(17)23(29)27-12-9-19(16-27)14-18-4-3-5-20(15-18)25(31)32-2/h3-5,8,13,15,19,21,26H,6-7,9-12,14,16H2,1-2H3. The van der Waals surface area contributed by atoms with Crippen molar-refractivity contribution in [3.63, 3.8) is 0 Å². The van der Waals surface area contributed by atoms with Crippen LogP contribution in [0.1, 0.15) is 57.1 Å². The Morgan fingerprint density at radius 3 is 2.69 bits per heavy atom. The van der Waals surface area contributed by atoms with Crippen LogP contribution in [-0.4, -0.2) is 54.6 Å². The van der Waals surface area contributed by atoms with E-state index < -0.39 is 0 Å². The normalized spacial score (nSPS) is 19.2. The summed E-state index contributed by atoms with van der Waals surface area (Å²) in [6, 6.07) is 9.49. The Kier molecular flexibility index (Phi) is 6.74. The molecule has 0 aliphatic carbocycles. The Hall–Kier alpha value is -2.93. The molecule has 3 heterocycles. The molecule has 2 aliphatic rings. The maximum absolute atomic E-state index is 13.3. The summed E-state index contributed by atoms with van der Waals surface area (Å²) < 4.78 is 6.56. The van der Waals surface area contributed by atoms with Crippen molar-refractivity contribution in [2.45, 2.75) is 38.6 Å². The summed E-state index contributed by atoms with van der Waals surface area (Å²) in [6.45, 7) is 4.87. The topological polar surface area (TPSA) is 80.6 Å². The van der Waals surface area contributed by atoms with Gasteiger partial charge < -0.3 is 19.5 Å². The van der Waals surface area contributed by atoms with E-state index in [4.69, 9.17) is 4.74 Å². The van der Waals surface area contributed by atoms with Crippen molar-refractivity contribution in [2.75, 3.05) is 33.3 Å². The number of aryl methyl sites for hydroxylation is 1. The summed E-state index contributed by atoms with van der Waals surface area (Å²) in [5.41, 5.74) is 2.46. The first-order chi connectivity index (χ1) is 15.5. The number of amides is 1. The van der Waals surface area contributed by atoms with Crippen LogP contribution in [0.2, 0.25) is 0 Å². The van der Waals surface area contributed by atoms with Gasteiger partial charge in [0.2, 0.25) is 0 Å². The highest BCUT2D eigenvalue weighted by molar-refractivity contribution is 5.95. The molecule has 1 unspecified atom stereocenters. The van der Waals surface area contributed by atoms with Crippen LogP contribution in [0.15, 0.2) is 41.3 Å². The fraction of sp³-hybridized carbons (Fsp3) is 0.480. The summed E-state index contributed by atoms with van der Waals surface area (Å²) in [7, 11) is 1.38. The van der Waals surface area contributed by atoms with E-state index in [9.17, 15) is 14.4 Å². The van der Waals surface area contributed by atoms with Crippen LogP contribution in [0, 0.1) is 12.8 Å². The Bertz CT molecular complexity index is 1060. The molecule has 1 N–H and O–H groups in total. The number of carbonyl (C=O) groups is 2. The van der Waals surface area contributed by atoms with Crippen LogP contribution in [0.25, 0.3) is 0 Å². The van der Waals surface area contributed by atoms with Crippen LogP contribution in [0.4, 0.5) is 0 Å². The van der Waals surface area contributed by atoms with Crippen molar-refractivity contribution in [1.29, 1.82) is 0 Å². The molecule has 1 aromatic heterocycles. The molecule has 0 bridgehead atoms. The Morgan fingerprint density at radius 1 is 1.16 bits per heavy atom. The predicted octanol–water partition coefficient (Wildman–Crippen LogP) is 2.57. The lowest BCUT2D eigenvalue weighted by Gasteiger charge is -2.26. The number of ether oxygens (including phenoxy) is 1. The van der Waals surface area contributed by atoms with Crippen LogP contribution in [0.3, 0.4) is 0 Å². The van der Waals surface area contributed by atoms with E-state index in [0.29, 0.717) is 30.1 Å². The number of methoxy groups -OCH3 is 1. The Labute approximate surface area is 188 Å². The first kappa shape index (κ1) is 22.3. The zero-order chi connectivity index (χ0) is 22.7.